The van der Waals surface area contributed by atoms with E-state index in [0.29, 0.717) is 25.2 Å². The van der Waals surface area contributed by atoms with Crippen LogP contribution >= 0.6 is 0 Å². The molecule has 0 aromatic heterocycles. The molecule has 3 amide bonds. The quantitative estimate of drug-likeness (QED) is 0.681. The van der Waals surface area contributed by atoms with Gasteiger partial charge in [0.15, 0.2) is 11.6 Å². The first kappa shape index (κ1) is 22.3. The van der Waals surface area contributed by atoms with E-state index in [9.17, 15) is 14.0 Å². The van der Waals surface area contributed by atoms with Crippen molar-refractivity contribution >= 4 is 23.7 Å². The Kier molecular flexibility index (Phi) is 7.65. The highest BCUT2D eigenvalue weighted by Crippen LogP contribution is 2.19. The van der Waals surface area contributed by atoms with E-state index in [1.54, 1.807) is 17.0 Å². The molecule has 0 saturated carbocycles. The lowest BCUT2D eigenvalue weighted by Gasteiger charge is -2.32. The molecule has 1 saturated heterocycles. The summed E-state index contributed by atoms with van der Waals surface area (Å²) in [4.78, 5) is 26.5. The number of aryl methyl sites for hydroxylation is 1. The highest BCUT2D eigenvalue weighted by atomic mass is 19.1. The third-order valence-corrected chi connectivity index (χ3v) is 5.29. The number of hydrogen-bond donors (Lipinski definition) is 2. The Hall–Kier alpha value is -3.35. The van der Waals surface area contributed by atoms with Crippen molar-refractivity contribution in [3.8, 4) is 5.75 Å². The number of likely N-dealkylation sites (tertiary alicyclic amines) is 1. The van der Waals surface area contributed by atoms with Crippen LogP contribution in [0.3, 0.4) is 0 Å². The smallest absolute Gasteiger partial charge is 0.319 e. The zero-order valence-corrected chi connectivity index (χ0v) is 17.9. The molecule has 0 radical (unpaired) electrons. The number of amides is 3. The number of carbonyl (C=O) groups excluding carboxylic acids is 2. The highest BCUT2D eigenvalue weighted by Gasteiger charge is 2.22. The molecule has 1 aliphatic heterocycles. The summed E-state index contributed by atoms with van der Waals surface area (Å²) in [5.74, 6) is -0.232. The molecule has 1 heterocycles. The fraction of sp³-hybridized carbons (Fsp3) is 0.333. The standard InChI is InChI=1S/C24H28FN3O3/c1-17-5-9-20(10-6-17)27-24(30)26-15-19-4-3-13-28(16-19)23(29)12-8-18-7-11-22(31-2)21(25)14-18/h5-12,14,19H,3-4,13,15-16H2,1-2H3,(H2,26,27,30)/b12-8+. The number of urea groups is 1. The van der Waals surface area contributed by atoms with Gasteiger partial charge in [-0.05, 0) is 61.6 Å². The zero-order valence-electron chi connectivity index (χ0n) is 17.9. The summed E-state index contributed by atoms with van der Waals surface area (Å²) in [6, 6.07) is 11.9. The largest absolute Gasteiger partial charge is 0.494 e. The molecule has 1 unspecified atom stereocenters. The average molecular weight is 426 g/mol. The van der Waals surface area contributed by atoms with Crippen molar-refractivity contribution < 1.29 is 18.7 Å². The first-order valence-electron chi connectivity index (χ1n) is 10.4. The number of carbonyl (C=O) groups is 2. The topological polar surface area (TPSA) is 70.7 Å². The van der Waals surface area contributed by atoms with Crippen molar-refractivity contribution in [2.45, 2.75) is 19.8 Å². The Morgan fingerprint density at radius 1 is 1.23 bits per heavy atom. The summed E-state index contributed by atoms with van der Waals surface area (Å²) in [7, 11) is 1.41. The summed E-state index contributed by atoms with van der Waals surface area (Å²) in [6.07, 6.45) is 4.88. The minimum Gasteiger partial charge on any atom is -0.494 e. The van der Waals surface area contributed by atoms with Gasteiger partial charge in [-0.25, -0.2) is 9.18 Å². The van der Waals surface area contributed by atoms with E-state index in [1.807, 2.05) is 31.2 Å². The lowest BCUT2D eigenvalue weighted by molar-refractivity contribution is -0.127. The van der Waals surface area contributed by atoms with E-state index in [0.717, 1.165) is 24.1 Å². The van der Waals surface area contributed by atoms with E-state index < -0.39 is 5.82 Å². The second kappa shape index (κ2) is 10.6. The van der Waals surface area contributed by atoms with E-state index >= 15 is 0 Å². The van der Waals surface area contributed by atoms with Crippen LogP contribution < -0.4 is 15.4 Å². The first-order chi connectivity index (χ1) is 14.9. The summed E-state index contributed by atoms with van der Waals surface area (Å²) >= 11 is 0. The van der Waals surface area contributed by atoms with Crippen LogP contribution in [-0.2, 0) is 4.79 Å². The van der Waals surface area contributed by atoms with Gasteiger partial charge >= 0.3 is 6.03 Å². The second-order valence-corrected chi connectivity index (χ2v) is 7.72. The number of nitrogens with zero attached hydrogens (tertiary/aromatic N) is 1. The monoisotopic (exact) mass is 425 g/mol. The van der Waals surface area contributed by atoms with Gasteiger partial charge in [0.25, 0.3) is 0 Å². The molecule has 2 aromatic rings. The summed E-state index contributed by atoms with van der Waals surface area (Å²) in [5, 5.41) is 5.70. The number of benzene rings is 2. The van der Waals surface area contributed by atoms with Gasteiger partial charge in [-0.3, -0.25) is 4.79 Å². The molecule has 1 fully saturated rings. The number of anilines is 1. The van der Waals surface area contributed by atoms with E-state index in [4.69, 9.17) is 4.74 Å². The van der Waals surface area contributed by atoms with Crippen LogP contribution in [0.15, 0.2) is 48.5 Å². The molecule has 3 rings (SSSR count). The zero-order chi connectivity index (χ0) is 22.2. The molecule has 0 spiro atoms. The van der Waals surface area contributed by atoms with Gasteiger partial charge in [0.05, 0.1) is 7.11 Å². The maximum absolute atomic E-state index is 13.8. The first-order valence-corrected chi connectivity index (χ1v) is 10.4. The summed E-state index contributed by atoms with van der Waals surface area (Å²) in [5.41, 5.74) is 2.46. The minimum atomic E-state index is -0.467. The number of rotatable bonds is 6. The van der Waals surface area contributed by atoms with Gasteiger partial charge in [0.2, 0.25) is 5.91 Å². The van der Waals surface area contributed by atoms with Crippen LogP contribution in [0.4, 0.5) is 14.9 Å². The second-order valence-electron chi connectivity index (χ2n) is 7.72. The Balaban J connectivity index is 1.48. The molecule has 7 heteroatoms. The van der Waals surface area contributed by atoms with Crippen LogP contribution in [-0.4, -0.2) is 43.6 Å². The summed E-state index contributed by atoms with van der Waals surface area (Å²) in [6.45, 7) is 3.73. The van der Waals surface area contributed by atoms with Gasteiger partial charge in [-0.2, -0.15) is 0 Å². The third kappa shape index (κ3) is 6.57. The molecular weight excluding hydrogens is 397 g/mol. The fourth-order valence-electron chi connectivity index (χ4n) is 3.54. The number of nitrogens with one attached hydrogen (secondary N) is 2. The Morgan fingerprint density at radius 3 is 2.71 bits per heavy atom. The van der Waals surface area contributed by atoms with Gasteiger partial charge in [0.1, 0.15) is 0 Å². The highest BCUT2D eigenvalue weighted by molar-refractivity contribution is 5.92. The molecule has 6 nitrogen and oxygen atoms in total. The molecule has 1 aliphatic rings. The predicted octanol–water partition coefficient (Wildman–Crippen LogP) is 4.22. The molecule has 1 atom stereocenters. The van der Waals surface area contributed by atoms with Gasteiger partial charge in [0, 0.05) is 31.4 Å². The van der Waals surface area contributed by atoms with Crippen molar-refractivity contribution in [1.82, 2.24) is 10.2 Å². The summed E-state index contributed by atoms with van der Waals surface area (Å²) < 4.78 is 18.7. The molecule has 2 N–H and O–H groups in total. The van der Waals surface area contributed by atoms with E-state index in [2.05, 4.69) is 10.6 Å². The van der Waals surface area contributed by atoms with Crippen LogP contribution in [0.5, 0.6) is 5.75 Å². The van der Waals surface area contributed by atoms with Crippen molar-refractivity contribution in [2.24, 2.45) is 5.92 Å². The maximum atomic E-state index is 13.8. The van der Waals surface area contributed by atoms with Gasteiger partial charge in [-0.1, -0.05) is 23.8 Å². The van der Waals surface area contributed by atoms with E-state index in [1.165, 1.54) is 25.3 Å². The van der Waals surface area contributed by atoms with Crippen LogP contribution in [0, 0.1) is 18.7 Å². The Labute approximate surface area is 182 Å². The van der Waals surface area contributed by atoms with Crippen LogP contribution in [0.2, 0.25) is 0 Å². The molecule has 0 aliphatic carbocycles. The van der Waals surface area contributed by atoms with Crippen molar-refractivity contribution in [2.75, 3.05) is 32.1 Å². The number of piperidine rings is 1. The van der Waals surface area contributed by atoms with Crippen LogP contribution in [0.25, 0.3) is 6.08 Å². The predicted molar refractivity (Wildman–Crippen MR) is 119 cm³/mol. The van der Waals surface area contributed by atoms with E-state index in [-0.39, 0.29) is 23.6 Å². The van der Waals surface area contributed by atoms with Gasteiger partial charge in [-0.15, -0.1) is 0 Å². The maximum Gasteiger partial charge on any atom is 0.319 e. The molecule has 164 valence electrons. The van der Waals surface area contributed by atoms with Crippen molar-refractivity contribution in [3.63, 3.8) is 0 Å². The van der Waals surface area contributed by atoms with Crippen LogP contribution in [0.1, 0.15) is 24.0 Å². The van der Waals surface area contributed by atoms with Gasteiger partial charge < -0.3 is 20.3 Å². The average Bonchev–Trinajstić information content (AvgIpc) is 2.78. The number of halogens is 1. The third-order valence-electron chi connectivity index (χ3n) is 5.29. The van der Waals surface area contributed by atoms with Crippen molar-refractivity contribution in [3.05, 3.63) is 65.5 Å². The Morgan fingerprint density at radius 2 is 2.00 bits per heavy atom. The number of hydrogen-bond acceptors (Lipinski definition) is 3. The molecule has 0 bridgehead atoms. The lowest BCUT2D eigenvalue weighted by atomic mass is 9.98. The minimum absolute atomic E-state index is 0.120. The molecule has 2 aromatic carbocycles. The SMILES string of the molecule is COc1ccc(/C=C/C(=O)N2CCCC(CNC(=O)Nc3ccc(C)cc3)C2)cc1F. The number of methoxy groups -OCH3 is 1. The lowest BCUT2D eigenvalue weighted by Crippen LogP contribution is -2.43. The molecular formula is C24H28FN3O3. The Bertz CT molecular complexity index is 944. The van der Waals surface area contributed by atoms with Crippen molar-refractivity contribution in [1.29, 1.82) is 0 Å². The fourth-order valence-corrected chi connectivity index (χ4v) is 3.54. The molecule has 31 heavy (non-hydrogen) atoms. The number of ether oxygens (including phenoxy) is 1. The normalized spacial score (nSPS) is 16.2.